The topological polar surface area (TPSA) is 67.4 Å². The maximum atomic E-state index is 11.0. The van der Waals surface area contributed by atoms with Crippen LogP contribution in [-0.4, -0.2) is 21.0 Å². The fraction of sp³-hybridized carbons (Fsp3) is 0.0588. The van der Waals surface area contributed by atoms with Crippen molar-refractivity contribution in [2.75, 3.05) is 0 Å². The van der Waals surface area contributed by atoms with Gasteiger partial charge < -0.3 is 5.11 Å². The van der Waals surface area contributed by atoms with Crippen molar-refractivity contribution in [2.45, 2.75) is 6.42 Å². The Morgan fingerprint density at radius 2 is 2.05 bits per heavy atom. The second-order valence-corrected chi connectivity index (χ2v) is 4.85. The largest absolute Gasteiger partial charge is 0.478 e. The Morgan fingerprint density at radius 3 is 2.82 bits per heavy atom. The van der Waals surface area contributed by atoms with E-state index in [2.05, 4.69) is 14.8 Å². The minimum Gasteiger partial charge on any atom is -0.478 e. The molecular weight excluding hydrogens is 278 g/mol. The van der Waals surface area contributed by atoms with E-state index >= 15 is 0 Å². The molecule has 0 spiro atoms. The summed E-state index contributed by atoms with van der Waals surface area (Å²) in [7, 11) is 0. The highest BCUT2D eigenvalue weighted by molar-refractivity contribution is 5.87. The molecule has 3 aromatic rings. The Morgan fingerprint density at radius 1 is 1.18 bits per heavy atom. The predicted octanol–water partition coefficient (Wildman–Crippen LogP) is 3.47. The third-order valence-electron chi connectivity index (χ3n) is 3.31. The highest BCUT2D eigenvalue weighted by atomic mass is 16.4. The number of carboxylic acids is 1. The second kappa shape index (κ2) is 5.62. The molecule has 0 aliphatic rings. The Kier molecular flexibility index (Phi) is 3.50. The van der Waals surface area contributed by atoms with Gasteiger partial charge in [-0.05, 0) is 35.2 Å². The smallest absolute Gasteiger partial charge is 0.335 e. The van der Waals surface area contributed by atoms with Gasteiger partial charge in [-0.15, -0.1) is 0 Å². The lowest BCUT2D eigenvalue weighted by molar-refractivity contribution is 0.0696. The number of hydrogen-bond acceptors (Lipinski definition) is 3. The van der Waals surface area contributed by atoms with E-state index in [1.54, 1.807) is 18.3 Å². The van der Waals surface area contributed by atoms with Gasteiger partial charge in [0.2, 0.25) is 5.69 Å². The van der Waals surface area contributed by atoms with Gasteiger partial charge in [-0.2, -0.15) is 0 Å². The molecule has 5 heteroatoms. The zero-order valence-corrected chi connectivity index (χ0v) is 11.5. The van der Waals surface area contributed by atoms with Crippen LogP contribution in [0.5, 0.6) is 0 Å². The maximum absolute atomic E-state index is 11.0. The number of carbonyl (C=O) groups is 1. The molecule has 0 aliphatic heterocycles. The summed E-state index contributed by atoms with van der Waals surface area (Å²) >= 11 is 0. The van der Waals surface area contributed by atoms with Crippen LogP contribution in [0.1, 0.15) is 21.6 Å². The quantitative estimate of drug-likeness (QED) is 0.750. The summed E-state index contributed by atoms with van der Waals surface area (Å²) in [6, 6.07) is 10.6. The number of pyridine rings is 2. The fourth-order valence-electron chi connectivity index (χ4n) is 2.26. The van der Waals surface area contributed by atoms with Crippen molar-refractivity contribution in [3.8, 4) is 0 Å². The third kappa shape index (κ3) is 2.76. The third-order valence-corrected chi connectivity index (χ3v) is 3.31. The lowest BCUT2D eigenvalue weighted by atomic mass is 10.0. The molecule has 0 aliphatic carbocycles. The first-order chi connectivity index (χ1) is 10.7. The number of aromatic carboxylic acids is 1. The standard InChI is InChI=1S/C17H11N3O2/c1-18-15-9-13-6-11(2-3-16(13)20-10-15)7-14-8-12(17(21)22)4-5-19-14/h2-6,8-10H,7H2,(H,21,22). The van der Waals surface area contributed by atoms with Gasteiger partial charge in [-0.3, -0.25) is 9.97 Å². The molecule has 2 heterocycles. The minimum absolute atomic E-state index is 0.225. The molecule has 0 unspecified atom stereocenters. The molecule has 0 fully saturated rings. The van der Waals surface area contributed by atoms with Gasteiger partial charge in [0.25, 0.3) is 0 Å². The number of carboxylic acid groups (broad SMARTS) is 1. The first kappa shape index (κ1) is 13.7. The summed E-state index contributed by atoms with van der Waals surface area (Å²) in [5.41, 5.74) is 3.22. The Labute approximate surface area is 126 Å². The molecule has 5 nitrogen and oxygen atoms in total. The Bertz CT molecular complexity index is 913. The second-order valence-electron chi connectivity index (χ2n) is 4.85. The molecule has 1 aromatic carbocycles. The van der Waals surface area contributed by atoms with Crippen LogP contribution in [0.15, 0.2) is 48.8 Å². The van der Waals surface area contributed by atoms with E-state index in [1.807, 2.05) is 18.2 Å². The highest BCUT2D eigenvalue weighted by Crippen LogP contribution is 2.21. The normalized spacial score (nSPS) is 10.3. The van der Waals surface area contributed by atoms with E-state index < -0.39 is 5.97 Å². The first-order valence-corrected chi connectivity index (χ1v) is 6.60. The van der Waals surface area contributed by atoms with E-state index in [1.165, 1.54) is 12.3 Å². The van der Waals surface area contributed by atoms with E-state index in [0.717, 1.165) is 16.5 Å². The molecule has 0 amide bonds. The van der Waals surface area contributed by atoms with Crippen molar-refractivity contribution < 1.29 is 9.90 Å². The fourth-order valence-corrected chi connectivity index (χ4v) is 2.26. The molecular formula is C17H11N3O2. The van der Waals surface area contributed by atoms with Gasteiger partial charge in [-0.1, -0.05) is 12.1 Å². The van der Waals surface area contributed by atoms with Crippen molar-refractivity contribution in [3.63, 3.8) is 0 Å². The SMILES string of the molecule is [C-]#[N+]c1cnc2ccc(Cc3cc(C(=O)O)ccn3)cc2c1. The average Bonchev–Trinajstić information content (AvgIpc) is 2.54. The summed E-state index contributed by atoms with van der Waals surface area (Å²) in [5, 5.41) is 9.90. The summed E-state index contributed by atoms with van der Waals surface area (Å²) in [4.78, 5) is 22.8. The summed E-state index contributed by atoms with van der Waals surface area (Å²) in [6.07, 6.45) is 3.57. The van der Waals surface area contributed by atoms with Crippen molar-refractivity contribution in [3.05, 3.63) is 77.0 Å². The zero-order chi connectivity index (χ0) is 15.5. The van der Waals surface area contributed by atoms with Crippen LogP contribution in [0, 0.1) is 6.57 Å². The molecule has 1 N–H and O–H groups in total. The summed E-state index contributed by atoms with van der Waals surface area (Å²) in [5.74, 6) is -0.965. The molecule has 0 saturated heterocycles. The predicted molar refractivity (Wildman–Crippen MR) is 82.0 cm³/mol. The Balaban J connectivity index is 1.95. The lowest BCUT2D eigenvalue weighted by Crippen LogP contribution is -2.00. The van der Waals surface area contributed by atoms with Crippen molar-refractivity contribution in [1.29, 1.82) is 0 Å². The van der Waals surface area contributed by atoms with Crippen LogP contribution in [0.2, 0.25) is 0 Å². The lowest BCUT2D eigenvalue weighted by Gasteiger charge is -2.05. The number of fused-ring (bicyclic) bond motifs is 1. The average molecular weight is 289 g/mol. The monoisotopic (exact) mass is 289 g/mol. The Hall–Kier alpha value is -3.26. The van der Waals surface area contributed by atoms with Crippen LogP contribution in [0.4, 0.5) is 5.69 Å². The van der Waals surface area contributed by atoms with Crippen LogP contribution < -0.4 is 0 Å². The first-order valence-electron chi connectivity index (χ1n) is 6.60. The van der Waals surface area contributed by atoms with Gasteiger partial charge in [0.1, 0.15) is 0 Å². The van der Waals surface area contributed by atoms with Crippen LogP contribution >= 0.6 is 0 Å². The van der Waals surface area contributed by atoms with Gasteiger partial charge in [0.05, 0.1) is 17.7 Å². The van der Waals surface area contributed by atoms with Crippen molar-refractivity contribution >= 4 is 22.6 Å². The van der Waals surface area contributed by atoms with E-state index in [9.17, 15) is 4.79 Å². The molecule has 2 aromatic heterocycles. The number of hydrogen-bond donors (Lipinski definition) is 1. The van der Waals surface area contributed by atoms with Gasteiger partial charge in [0, 0.05) is 24.5 Å². The highest BCUT2D eigenvalue weighted by Gasteiger charge is 2.06. The molecule has 3 rings (SSSR count). The molecule has 106 valence electrons. The van der Waals surface area contributed by atoms with Crippen LogP contribution in [0.3, 0.4) is 0 Å². The van der Waals surface area contributed by atoms with Crippen LogP contribution in [-0.2, 0) is 6.42 Å². The molecule has 0 radical (unpaired) electrons. The number of nitrogens with zero attached hydrogens (tertiary/aromatic N) is 3. The van der Waals surface area contributed by atoms with Gasteiger partial charge in [0.15, 0.2) is 0 Å². The summed E-state index contributed by atoms with van der Waals surface area (Å²) < 4.78 is 0. The number of aromatic nitrogens is 2. The zero-order valence-electron chi connectivity index (χ0n) is 11.5. The summed E-state index contributed by atoms with van der Waals surface area (Å²) in [6.45, 7) is 7.04. The molecule has 0 atom stereocenters. The van der Waals surface area contributed by atoms with Crippen LogP contribution in [0.25, 0.3) is 15.7 Å². The number of benzene rings is 1. The number of rotatable bonds is 3. The van der Waals surface area contributed by atoms with Crippen molar-refractivity contribution in [1.82, 2.24) is 9.97 Å². The molecule has 0 saturated carbocycles. The molecule has 0 bridgehead atoms. The van der Waals surface area contributed by atoms with Gasteiger partial charge in [-0.25, -0.2) is 9.64 Å². The van der Waals surface area contributed by atoms with E-state index in [0.29, 0.717) is 17.8 Å². The van der Waals surface area contributed by atoms with E-state index in [-0.39, 0.29) is 5.56 Å². The maximum Gasteiger partial charge on any atom is 0.335 e. The van der Waals surface area contributed by atoms with E-state index in [4.69, 9.17) is 11.7 Å². The van der Waals surface area contributed by atoms with Gasteiger partial charge >= 0.3 is 5.97 Å². The van der Waals surface area contributed by atoms with Crippen molar-refractivity contribution in [2.24, 2.45) is 0 Å². The molecule has 22 heavy (non-hydrogen) atoms. The minimum atomic E-state index is -0.965.